The molecule has 3 N–H and O–H groups in total. The molecule has 0 spiro atoms. The first-order valence-electron chi connectivity index (χ1n) is 6.53. The first kappa shape index (κ1) is 15.4. The summed E-state index contributed by atoms with van der Waals surface area (Å²) in [6, 6.07) is 3.44. The van der Waals surface area contributed by atoms with E-state index in [0.717, 1.165) is 0 Å². The number of rotatable bonds is 4. The Kier molecular flexibility index (Phi) is 4.43. The van der Waals surface area contributed by atoms with Gasteiger partial charge in [0.15, 0.2) is 0 Å². The second-order valence-electron chi connectivity index (χ2n) is 5.05. The summed E-state index contributed by atoms with van der Waals surface area (Å²) in [5.41, 5.74) is 5.46. The highest BCUT2D eigenvalue weighted by Crippen LogP contribution is 2.31. The number of nitrogens with zero attached hydrogens (tertiary/aromatic N) is 1. The SMILES string of the molecule is CC1CCN(S(=O)(=O)c2cccc(F)c2CN)C1CO. The zero-order valence-electron chi connectivity index (χ0n) is 11.3. The molecule has 0 aliphatic carbocycles. The molecule has 0 bridgehead atoms. The van der Waals surface area contributed by atoms with E-state index >= 15 is 0 Å². The fraction of sp³-hybridized carbons (Fsp3) is 0.538. The quantitative estimate of drug-likeness (QED) is 0.856. The van der Waals surface area contributed by atoms with E-state index in [0.29, 0.717) is 13.0 Å². The number of hydrogen-bond acceptors (Lipinski definition) is 4. The lowest BCUT2D eigenvalue weighted by Gasteiger charge is -2.25. The Morgan fingerprint density at radius 3 is 2.80 bits per heavy atom. The van der Waals surface area contributed by atoms with Crippen LogP contribution in [0.25, 0.3) is 0 Å². The Labute approximate surface area is 118 Å². The zero-order chi connectivity index (χ0) is 14.9. The molecule has 0 aromatic heterocycles. The van der Waals surface area contributed by atoms with Crippen LogP contribution in [-0.2, 0) is 16.6 Å². The largest absolute Gasteiger partial charge is 0.395 e. The zero-order valence-corrected chi connectivity index (χ0v) is 12.1. The fourth-order valence-electron chi connectivity index (χ4n) is 2.65. The van der Waals surface area contributed by atoms with Crippen LogP contribution in [0.15, 0.2) is 23.1 Å². The molecule has 20 heavy (non-hydrogen) atoms. The van der Waals surface area contributed by atoms with Crippen LogP contribution in [0.4, 0.5) is 4.39 Å². The van der Waals surface area contributed by atoms with Gasteiger partial charge in [-0.1, -0.05) is 13.0 Å². The van der Waals surface area contributed by atoms with E-state index in [9.17, 15) is 17.9 Å². The minimum absolute atomic E-state index is 0.0104. The Bertz CT molecular complexity index is 591. The van der Waals surface area contributed by atoms with Gasteiger partial charge < -0.3 is 10.8 Å². The molecule has 112 valence electrons. The van der Waals surface area contributed by atoms with Crippen molar-refractivity contribution in [1.29, 1.82) is 0 Å². The van der Waals surface area contributed by atoms with Crippen molar-refractivity contribution in [2.75, 3.05) is 13.2 Å². The maximum absolute atomic E-state index is 13.7. The van der Waals surface area contributed by atoms with Gasteiger partial charge in [0.05, 0.1) is 17.5 Å². The van der Waals surface area contributed by atoms with Crippen molar-refractivity contribution in [3.63, 3.8) is 0 Å². The molecule has 1 saturated heterocycles. The van der Waals surface area contributed by atoms with Gasteiger partial charge in [-0.25, -0.2) is 12.8 Å². The number of nitrogens with two attached hydrogens (primary N) is 1. The molecule has 1 aromatic carbocycles. The molecular weight excluding hydrogens is 283 g/mol. The van der Waals surface area contributed by atoms with Gasteiger partial charge in [0.25, 0.3) is 0 Å². The molecule has 2 atom stereocenters. The number of sulfonamides is 1. The molecule has 0 saturated carbocycles. The number of aliphatic hydroxyl groups is 1. The monoisotopic (exact) mass is 302 g/mol. The van der Waals surface area contributed by atoms with Gasteiger partial charge in [-0.05, 0) is 24.5 Å². The second-order valence-corrected chi connectivity index (χ2v) is 6.91. The van der Waals surface area contributed by atoms with Crippen LogP contribution in [0.5, 0.6) is 0 Å². The van der Waals surface area contributed by atoms with Crippen LogP contribution >= 0.6 is 0 Å². The van der Waals surface area contributed by atoms with E-state index in [4.69, 9.17) is 5.73 Å². The molecule has 1 aliphatic rings. The molecule has 1 aromatic rings. The van der Waals surface area contributed by atoms with Crippen LogP contribution in [0.2, 0.25) is 0 Å². The number of benzene rings is 1. The molecule has 1 aliphatic heterocycles. The first-order valence-corrected chi connectivity index (χ1v) is 7.97. The molecule has 0 radical (unpaired) electrons. The van der Waals surface area contributed by atoms with Crippen molar-refractivity contribution >= 4 is 10.0 Å². The van der Waals surface area contributed by atoms with E-state index in [-0.39, 0.29) is 29.5 Å². The molecule has 1 heterocycles. The van der Waals surface area contributed by atoms with Crippen molar-refractivity contribution in [2.45, 2.75) is 30.8 Å². The van der Waals surface area contributed by atoms with E-state index in [1.165, 1.54) is 22.5 Å². The van der Waals surface area contributed by atoms with Gasteiger partial charge >= 0.3 is 0 Å². The molecule has 2 rings (SSSR count). The van der Waals surface area contributed by atoms with Crippen LogP contribution in [0, 0.1) is 11.7 Å². The van der Waals surface area contributed by atoms with Crippen molar-refractivity contribution in [2.24, 2.45) is 11.7 Å². The van der Waals surface area contributed by atoms with Crippen LogP contribution in [0.3, 0.4) is 0 Å². The Morgan fingerprint density at radius 1 is 1.50 bits per heavy atom. The summed E-state index contributed by atoms with van der Waals surface area (Å²) < 4.78 is 40.3. The summed E-state index contributed by atoms with van der Waals surface area (Å²) in [4.78, 5) is -0.104. The summed E-state index contributed by atoms with van der Waals surface area (Å²) in [5, 5.41) is 9.39. The van der Waals surface area contributed by atoms with Crippen LogP contribution in [0.1, 0.15) is 18.9 Å². The lowest BCUT2D eigenvalue weighted by Crippen LogP contribution is -2.40. The van der Waals surface area contributed by atoms with Crippen LogP contribution < -0.4 is 5.73 Å². The minimum atomic E-state index is -3.84. The van der Waals surface area contributed by atoms with E-state index in [1.807, 2.05) is 6.92 Å². The lowest BCUT2D eigenvalue weighted by atomic mass is 10.0. The van der Waals surface area contributed by atoms with Crippen molar-refractivity contribution in [1.82, 2.24) is 4.31 Å². The Morgan fingerprint density at radius 2 is 2.20 bits per heavy atom. The Balaban J connectivity index is 2.49. The van der Waals surface area contributed by atoms with Gasteiger partial charge in [-0.2, -0.15) is 4.31 Å². The predicted octanol–water partition coefficient (Wildman–Crippen LogP) is 0.676. The van der Waals surface area contributed by atoms with Crippen molar-refractivity contribution in [3.8, 4) is 0 Å². The Hall–Kier alpha value is -1.02. The molecular formula is C13H19FN2O3S. The fourth-order valence-corrected chi connectivity index (χ4v) is 4.62. The molecule has 7 heteroatoms. The number of halogens is 1. The maximum atomic E-state index is 13.7. The van der Waals surface area contributed by atoms with Crippen molar-refractivity contribution < 1.29 is 17.9 Å². The number of aliphatic hydroxyl groups excluding tert-OH is 1. The molecule has 0 amide bonds. The highest BCUT2D eigenvalue weighted by atomic mass is 32.2. The number of hydrogen-bond donors (Lipinski definition) is 2. The minimum Gasteiger partial charge on any atom is -0.395 e. The van der Waals surface area contributed by atoms with Gasteiger partial charge in [-0.15, -0.1) is 0 Å². The van der Waals surface area contributed by atoms with Gasteiger partial charge in [0, 0.05) is 18.7 Å². The average Bonchev–Trinajstić information content (AvgIpc) is 2.80. The summed E-state index contributed by atoms with van der Waals surface area (Å²) in [6.07, 6.45) is 0.678. The third kappa shape index (κ3) is 2.46. The van der Waals surface area contributed by atoms with Crippen molar-refractivity contribution in [3.05, 3.63) is 29.6 Å². The molecule has 1 fully saturated rings. The summed E-state index contributed by atoms with van der Waals surface area (Å²) >= 11 is 0. The third-order valence-corrected chi connectivity index (χ3v) is 5.89. The maximum Gasteiger partial charge on any atom is 0.243 e. The lowest BCUT2D eigenvalue weighted by molar-refractivity contribution is 0.191. The van der Waals surface area contributed by atoms with Gasteiger partial charge in [0.2, 0.25) is 10.0 Å². The van der Waals surface area contributed by atoms with Gasteiger partial charge in [-0.3, -0.25) is 0 Å². The van der Waals surface area contributed by atoms with E-state index in [2.05, 4.69) is 0 Å². The first-order chi connectivity index (χ1) is 9.43. The molecule has 2 unspecified atom stereocenters. The highest BCUT2D eigenvalue weighted by molar-refractivity contribution is 7.89. The molecule has 5 nitrogen and oxygen atoms in total. The van der Waals surface area contributed by atoms with E-state index < -0.39 is 21.9 Å². The average molecular weight is 302 g/mol. The predicted molar refractivity (Wildman–Crippen MR) is 72.8 cm³/mol. The highest BCUT2D eigenvalue weighted by Gasteiger charge is 2.40. The summed E-state index contributed by atoms with van der Waals surface area (Å²) in [6.45, 7) is 1.79. The van der Waals surface area contributed by atoms with E-state index in [1.54, 1.807) is 0 Å². The summed E-state index contributed by atoms with van der Waals surface area (Å²) in [7, 11) is -3.84. The van der Waals surface area contributed by atoms with Gasteiger partial charge in [0.1, 0.15) is 5.82 Å². The normalized spacial score (nSPS) is 24.2. The van der Waals surface area contributed by atoms with Crippen LogP contribution in [-0.4, -0.2) is 37.0 Å². The standard InChI is InChI=1S/C13H19FN2O3S/c1-9-5-6-16(12(9)8-17)20(18,19)13-4-2-3-11(14)10(13)7-15/h2-4,9,12,17H,5-8,15H2,1H3. The smallest absolute Gasteiger partial charge is 0.243 e. The summed E-state index contributed by atoms with van der Waals surface area (Å²) in [5.74, 6) is -0.550. The second kappa shape index (κ2) is 5.77. The topological polar surface area (TPSA) is 83.6 Å². The third-order valence-electron chi connectivity index (χ3n) is 3.89.